The lowest BCUT2D eigenvalue weighted by Gasteiger charge is -2.23. The van der Waals surface area contributed by atoms with Crippen LogP contribution in [0, 0.1) is 6.92 Å². The third-order valence-corrected chi connectivity index (χ3v) is 4.98. The number of carbonyl (C=O) groups is 2. The molecule has 0 radical (unpaired) electrons. The highest BCUT2D eigenvalue weighted by molar-refractivity contribution is 8.01. The number of amides is 1. The molecule has 1 aliphatic heterocycles. The third-order valence-electron chi connectivity index (χ3n) is 3.71. The fourth-order valence-electron chi connectivity index (χ4n) is 2.37. The highest BCUT2D eigenvalue weighted by Crippen LogP contribution is 2.36. The number of ether oxygens (including phenoxy) is 1. The summed E-state index contributed by atoms with van der Waals surface area (Å²) in [6, 6.07) is 15.3. The van der Waals surface area contributed by atoms with Gasteiger partial charge in [-0.3, -0.25) is 9.59 Å². The summed E-state index contributed by atoms with van der Waals surface area (Å²) in [5.41, 5.74) is 2.86. The van der Waals surface area contributed by atoms with Crippen LogP contribution in [0.3, 0.4) is 0 Å². The molecule has 1 atom stereocenters. The molecule has 1 heterocycles. The lowest BCUT2D eigenvalue weighted by molar-refractivity contribution is -0.145. The van der Waals surface area contributed by atoms with E-state index in [1.807, 2.05) is 55.5 Å². The Balaban J connectivity index is 1.58. The predicted molar refractivity (Wildman–Crippen MR) is 90.3 cm³/mol. The van der Waals surface area contributed by atoms with Gasteiger partial charge in [0.05, 0.1) is 17.4 Å². The van der Waals surface area contributed by atoms with E-state index in [1.54, 1.807) is 0 Å². The molecule has 0 aromatic heterocycles. The largest absolute Gasteiger partial charge is 0.461 e. The average molecular weight is 327 g/mol. The first-order valence-corrected chi connectivity index (χ1v) is 8.28. The molecule has 3 rings (SSSR count). The van der Waals surface area contributed by atoms with Gasteiger partial charge in [-0.05, 0) is 30.2 Å². The molecule has 1 aliphatic rings. The van der Waals surface area contributed by atoms with Crippen LogP contribution in [0.15, 0.2) is 53.4 Å². The van der Waals surface area contributed by atoms with Gasteiger partial charge in [-0.1, -0.05) is 36.4 Å². The normalized spacial score (nSPS) is 16.4. The summed E-state index contributed by atoms with van der Waals surface area (Å²) in [5, 5.41) is 2.38. The quantitative estimate of drug-likeness (QED) is 0.873. The smallest absolute Gasteiger partial charge is 0.307 e. The fraction of sp³-hybridized carbons (Fsp3) is 0.222. The Morgan fingerprint density at radius 1 is 1.17 bits per heavy atom. The van der Waals surface area contributed by atoms with Crippen LogP contribution < -0.4 is 5.32 Å². The third kappa shape index (κ3) is 3.74. The molecule has 118 valence electrons. The number of hydrogen-bond donors (Lipinski definition) is 1. The van der Waals surface area contributed by atoms with Crippen LogP contribution in [0.2, 0.25) is 0 Å². The maximum Gasteiger partial charge on any atom is 0.307 e. The Kier molecular flexibility index (Phi) is 4.67. The first kappa shape index (κ1) is 15.6. The molecule has 0 saturated heterocycles. The number of carbonyl (C=O) groups excluding carboxylic acids is 2. The monoisotopic (exact) mass is 327 g/mol. The molecule has 1 amide bonds. The van der Waals surface area contributed by atoms with Crippen LogP contribution in [-0.2, 0) is 20.9 Å². The molecule has 0 bridgehead atoms. The summed E-state index contributed by atoms with van der Waals surface area (Å²) >= 11 is 1.41. The second kappa shape index (κ2) is 6.87. The van der Waals surface area contributed by atoms with Crippen LogP contribution >= 0.6 is 11.8 Å². The van der Waals surface area contributed by atoms with E-state index in [0.29, 0.717) is 0 Å². The van der Waals surface area contributed by atoms with Crippen molar-refractivity contribution in [2.75, 3.05) is 5.32 Å². The number of nitrogens with one attached hydrogen (secondary N) is 1. The van der Waals surface area contributed by atoms with E-state index >= 15 is 0 Å². The van der Waals surface area contributed by atoms with Crippen molar-refractivity contribution in [1.29, 1.82) is 0 Å². The molecule has 0 spiro atoms. The number of benzene rings is 2. The zero-order chi connectivity index (χ0) is 16.2. The van der Waals surface area contributed by atoms with Crippen LogP contribution in [0.5, 0.6) is 0 Å². The first-order valence-electron chi connectivity index (χ1n) is 7.40. The standard InChI is InChI=1S/C18H17NO3S/c1-12-6-2-3-7-13(12)11-22-17(20)10-16-18(21)19-14-8-4-5-9-15(14)23-16/h2-9,16H,10-11H2,1H3,(H,19,21)/t16-/m0/s1. The van der Waals surface area contributed by atoms with Gasteiger partial charge < -0.3 is 10.1 Å². The van der Waals surface area contributed by atoms with E-state index in [4.69, 9.17) is 4.74 Å². The minimum Gasteiger partial charge on any atom is -0.461 e. The number of fused-ring (bicyclic) bond motifs is 1. The summed E-state index contributed by atoms with van der Waals surface area (Å²) in [5.74, 6) is -0.512. The fourth-order valence-corrected chi connectivity index (χ4v) is 3.46. The van der Waals surface area contributed by atoms with Crippen LogP contribution in [0.4, 0.5) is 5.69 Å². The van der Waals surface area contributed by atoms with Crippen LogP contribution in [0.25, 0.3) is 0 Å². The van der Waals surface area contributed by atoms with E-state index in [2.05, 4.69) is 5.32 Å². The number of anilines is 1. The van der Waals surface area contributed by atoms with Crippen molar-refractivity contribution in [2.24, 2.45) is 0 Å². The molecule has 0 saturated carbocycles. The van der Waals surface area contributed by atoms with Crippen molar-refractivity contribution >= 4 is 29.3 Å². The van der Waals surface area contributed by atoms with Gasteiger partial charge in [-0.2, -0.15) is 0 Å². The number of para-hydroxylation sites is 1. The minimum absolute atomic E-state index is 0.0662. The Morgan fingerprint density at radius 2 is 1.91 bits per heavy atom. The van der Waals surface area contributed by atoms with Crippen molar-refractivity contribution in [3.63, 3.8) is 0 Å². The summed E-state index contributed by atoms with van der Waals surface area (Å²) < 4.78 is 5.32. The van der Waals surface area contributed by atoms with Gasteiger partial charge in [-0.25, -0.2) is 0 Å². The Labute approximate surface area is 139 Å². The zero-order valence-corrected chi connectivity index (χ0v) is 13.6. The Hall–Kier alpha value is -2.27. The molecule has 5 heteroatoms. The van der Waals surface area contributed by atoms with E-state index < -0.39 is 5.25 Å². The highest BCUT2D eigenvalue weighted by atomic mass is 32.2. The van der Waals surface area contributed by atoms with E-state index in [-0.39, 0.29) is 24.9 Å². The Bertz CT molecular complexity index is 745. The second-order valence-electron chi connectivity index (χ2n) is 5.38. The number of thioether (sulfide) groups is 1. The first-order chi connectivity index (χ1) is 11.1. The summed E-state index contributed by atoms with van der Waals surface area (Å²) in [4.78, 5) is 25.1. The molecular formula is C18H17NO3S. The second-order valence-corrected chi connectivity index (χ2v) is 6.63. The predicted octanol–water partition coefficient (Wildman–Crippen LogP) is 3.54. The molecule has 1 N–H and O–H groups in total. The number of hydrogen-bond acceptors (Lipinski definition) is 4. The van der Waals surface area contributed by atoms with E-state index in [9.17, 15) is 9.59 Å². The molecule has 0 unspecified atom stereocenters. The summed E-state index contributed by atoms with van der Waals surface area (Å²) in [6.45, 7) is 2.21. The zero-order valence-electron chi connectivity index (χ0n) is 12.7. The highest BCUT2D eigenvalue weighted by Gasteiger charge is 2.29. The molecule has 4 nitrogen and oxygen atoms in total. The molecule has 0 aliphatic carbocycles. The van der Waals surface area contributed by atoms with Gasteiger partial charge in [-0.15, -0.1) is 11.8 Å². The maximum absolute atomic E-state index is 12.1. The number of aryl methyl sites for hydroxylation is 1. The van der Waals surface area contributed by atoms with E-state index in [1.165, 1.54) is 11.8 Å². The maximum atomic E-state index is 12.1. The van der Waals surface area contributed by atoms with E-state index in [0.717, 1.165) is 21.7 Å². The van der Waals surface area contributed by atoms with Crippen molar-refractivity contribution < 1.29 is 14.3 Å². The minimum atomic E-state index is -0.450. The summed E-state index contributed by atoms with van der Waals surface area (Å²) in [6.07, 6.45) is 0.0662. The van der Waals surface area contributed by atoms with Gasteiger partial charge in [0.25, 0.3) is 0 Å². The average Bonchev–Trinajstić information content (AvgIpc) is 2.55. The van der Waals surface area contributed by atoms with Gasteiger partial charge in [0.1, 0.15) is 6.61 Å². The SMILES string of the molecule is Cc1ccccc1COC(=O)C[C@@H]1Sc2ccccc2NC1=O. The lowest BCUT2D eigenvalue weighted by atomic mass is 10.1. The molecule has 23 heavy (non-hydrogen) atoms. The van der Waals surface area contributed by atoms with Crippen molar-refractivity contribution in [2.45, 2.75) is 30.1 Å². The van der Waals surface area contributed by atoms with Gasteiger partial charge in [0.2, 0.25) is 5.91 Å². The Morgan fingerprint density at radius 3 is 2.74 bits per heavy atom. The lowest BCUT2D eigenvalue weighted by Crippen LogP contribution is -2.31. The van der Waals surface area contributed by atoms with Gasteiger partial charge in [0, 0.05) is 4.90 Å². The number of esters is 1. The number of rotatable bonds is 4. The molecule has 0 fully saturated rings. The summed E-state index contributed by atoms with van der Waals surface area (Å²) in [7, 11) is 0. The van der Waals surface area contributed by atoms with Gasteiger partial charge >= 0.3 is 5.97 Å². The van der Waals surface area contributed by atoms with Crippen molar-refractivity contribution in [3.8, 4) is 0 Å². The van der Waals surface area contributed by atoms with Crippen molar-refractivity contribution in [3.05, 3.63) is 59.7 Å². The molecular weight excluding hydrogens is 310 g/mol. The van der Waals surface area contributed by atoms with Crippen molar-refractivity contribution in [1.82, 2.24) is 0 Å². The topological polar surface area (TPSA) is 55.4 Å². The van der Waals surface area contributed by atoms with Crippen LogP contribution in [0.1, 0.15) is 17.5 Å². The molecule has 2 aromatic rings. The van der Waals surface area contributed by atoms with Gasteiger partial charge in [0.15, 0.2) is 0 Å². The van der Waals surface area contributed by atoms with Crippen LogP contribution in [-0.4, -0.2) is 17.1 Å². The molecule has 2 aromatic carbocycles.